The number of hydrogen-bond acceptors (Lipinski definition) is 3. The fourth-order valence-corrected chi connectivity index (χ4v) is 1.23. The van der Waals surface area contributed by atoms with Gasteiger partial charge in [0.25, 0.3) is 0 Å². The molecule has 10 heavy (non-hydrogen) atoms. The predicted octanol–water partition coefficient (Wildman–Crippen LogP) is 1.30. The van der Waals surface area contributed by atoms with Crippen LogP contribution in [0.5, 0.6) is 0 Å². The first-order chi connectivity index (χ1) is 4.58. The Morgan fingerprint density at radius 2 is 2.30 bits per heavy atom. The zero-order valence-electron chi connectivity index (χ0n) is 4.81. The van der Waals surface area contributed by atoms with Crippen LogP contribution in [0.25, 0.3) is 0 Å². The second-order valence-corrected chi connectivity index (χ2v) is 2.62. The number of alkyl halides is 3. The van der Waals surface area contributed by atoms with Crippen molar-refractivity contribution in [2.75, 3.05) is 6.54 Å². The summed E-state index contributed by atoms with van der Waals surface area (Å²) >= 11 is 0.921. The number of nitrogens with one attached hydrogen (secondary N) is 1. The zero-order chi connectivity index (χ0) is 7.61. The maximum Gasteiger partial charge on any atom is 0.523 e. The minimum absolute atomic E-state index is 0.450. The third-order valence-corrected chi connectivity index (χ3v) is 1.70. The quantitative estimate of drug-likeness (QED) is 0.602. The average Bonchev–Trinajstić information content (AvgIpc) is 2.12. The highest BCUT2D eigenvalue weighted by Gasteiger charge is 2.35. The predicted molar refractivity (Wildman–Crippen MR) is 30.8 cm³/mol. The molecule has 0 bridgehead atoms. The highest BCUT2D eigenvalue weighted by molar-refractivity contribution is 7.98. The standard InChI is InChI=1S/C4H5F3NOS/c5-4(6,7)9-3-1-2-8-10-3/h1,3,8H,2H2. The molecule has 1 fully saturated rings. The minimum atomic E-state index is -4.53. The molecule has 1 N–H and O–H groups in total. The van der Waals surface area contributed by atoms with Crippen molar-refractivity contribution in [1.82, 2.24) is 4.72 Å². The molecule has 1 atom stereocenters. The van der Waals surface area contributed by atoms with E-state index in [0.717, 1.165) is 11.9 Å². The molecule has 2 nitrogen and oxygen atoms in total. The second-order valence-electron chi connectivity index (χ2n) is 1.63. The van der Waals surface area contributed by atoms with Crippen LogP contribution in [0.15, 0.2) is 0 Å². The molecule has 1 aliphatic heterocycles. The maximum absolute atomic E-state index is 11.4. The van der Waals surface area contributed by atoms with Crippen molar-refractivity contribution in [2.24, 2.45) is 0 Å². The van der Waals surface area contributed by atoms with Crippen LogP contribution in [-0.4, -0.2) is 18.3 Å². The van der Waals surface area contributed by atoms with Crippen LogP contribution in [0.1, 0.15) is 0 Å². The summed E-state index contributed by atoms with van der Waals surface area (Å²) in [6.07, 6.45) is -3.11. The van der Waals surface area contributed by atoms with Crippen LogP contribution in [0, 0.1) is 6.42 Å². The summed E-state index contributed by atoms with van der Waals surface area (Å²) < 4.78 is 40.5. The van der Waals surface area contributed by atoms with Gasteiger partial charge in [-0.25, -0.2) is 0 Å². The van der Waals surface area contributed by atoms with Gasteiger partial charge in [0.2, 0.25) is 0 Å². The van der Waals surface area contributed by atoms with Crippen molar-refractivity contribution in [3.63, 3.8) is 0 Å². The molecule has 0 spiro atoms. The van der Waals surface area contributed by atoms with Gasteiger partial charge in [0.05, 0.1) is 0 Å². The fraction of sp³-hybridized carbons (Fsp3) is 0.750. The Labute approximate surface area is 60.2 Å². The largest absolute Gasteiger partial charge is 0.523 e. The molecule has 6 heteroatoms. The van der Waals surface area contributed by atoms with Crippen LogP contribution >= 0.6 is 11.9 Å². The van der Waals surface area contributed by atoms with Crippen molar-refractivity contribution >= 4 is 11.9 Å². The molecule has 0 aliphatic carbocycles. The third kappa shape index (κ3) is 2.76. The highest BCUT2D eigenvalue weighted by Crippen LogP contribution is 2.26. The number of halogens is 3. The molecule has 1 saturated heterocycles. The van der Waals surface area contributed by atoms with E-state index in [4.69, 9.17) is 0 Å². The lowest BCUT2D eigenvalue weighted by molar-refractivity contribution is -0.326. The average molecular weight is 172 g/mol. The van der Waals surface area contributed by atoms with E-state index in [1.54, 1.807) is 0 Å². The molecule has 1 aliphatic rings. The molecule has 1 heterocycles. The molecule has 0 saturated carbocycles. The first-order valence-corrected chi connectivity index (χ1v) is 3.42. The smallest absolute Gasteiger partial charge is 0.276 e. The Hall–Kier alpha value is 0.0600. The van der Waals surface area contributed by atoms with Gasteiger partial charge in [-0.3, -0.25) is 9.46 Å². The molecular formula is C4H5F3NOS. The van der Waals surface area contributed by atoms with Gasteiger partial charge >= 0.3 is 6.36 Å². The van der Waals surface area contributed by atoms with Crippen molar-refractivity contribution < 1.29 is 17.9 Å². The Morgan fingerprint density at radius 3 is 2.70 bits per heavy atom. The van der Waals surface area contributed by atoms with Crippen LogP contribution in [-0.2, 0) is 4.74 Å². The summed E-state index contributed by atoms with van der Waals surface area (Å²) in [6.45, 7) is 0.450. The molecule has 1 radical (unpaired) electrons. The van der Waals surface area contributed by atoms with E-state index in [-0.39, 0.29) is 0 Å². The van der Waals surface area contributed by atoms with Gasteiger partial charge in [-0.2, -0.15) is 0 Å². The SMILES string of the molecule is FC(F)(F)OC1[CH]CNS1. The van der Waals surface area contributed by atoms with E-state index in [0.29, 0.717) is 6.54 Å². The first kappa shape index (κ1) is 8.16. The van der Waals surface area contributed by atoms with Crippen LogP contribution < -0.4 is 4.72 Å². The molecule has 0 aromatic carbocycles. The Morgan fingerprint density at radius 1 is 1.60 bits per heavy atom. The lowest BCUT2D eigenvalue weighted by atomic mass is 10.5. The topological polar surface area (TPSA) is 21.3 Å². The third-order valence-electron chi connectivity index (χ3n) is 0.843. The van der Waals surface area contributed by atoms with E-state index in [2.05, 4.69) is 9.46 Å². The van der Waals surface area contributed by atoms with Crippen LogP contribution in [0.3, 0.4) is 0 Å². The minimum Gasteiger partial charge on any atom is -0.276 e. The van der Waals surface area contributed by atoms with Gasteiger partial charge in [0, 0.05) is 13.0 Å². The summed E-state index contributed by atoms with van der Waals surface area (Å²) in [7, 11) is 0. The summed E-state index contributed by atoms with van der Waals surface area (Å²) in [4.78, 5) is 0. The molecule has 0 aromatic rings. The lowest BCUT2D eigenvalue weighted by Crippen LogP contribution is -2.19. The van der Waals surface area contributed by atoms with E-state index in [9.17, 15) is 13.2 Å². The second kappa shape index (κ2) is 2.98. The lowest BCUT2D eigenvalue weighted by Gasteiger charge is -2.10. The van der Waals surface area contributed by atoms with Crippen molar-refractivity contribution in [3.05, 3.63) is 6.42 Å². The Balaban J connectivity index is 2.24. The van der Waals surface area contributed by atoms with Gasteiger partial charge < -0.3 is 0 Å². The molecule has 0 aromatic heterocycles. The first-order valence-electron chi connectivity index (χ1n) is 2.54. The molecule has 59 valence electrons. The summed E-state index contributed by atoms with van der Waals surface area (Å²) in [5, 5.41) is 0. The van der Waals surface area contributed by atoms with Crippen molar-refractivity contribution in [1.29, 1.82) is 0 Å². The monoisotopic (exact) mass is 172 g/mol. The van der Waals surface area contributed by atoms with Gasteiger partial charge in [0.15, 0.2) is 0 Å². The van der Waals surface area contributed by atoms with E-state index in [1.807, 2.05) is 0 Å². The van der Waals surface area contributed by atoms with Crippen LogP contribution in [0.4, 0.5) is 13.2 Å². The Bertz CT molecular complexity index is 112. The molecule has 0 amide bonds. The van der Waals surface area contributed by atoms with Crippen molar-refractivity contribution in [3.8, 4) is 0 Å². The summed E-state index contributed by atoms with van der Waals surface area (Å²) in [6, 6.07) is 0. The fourth-order valence-electron chi connectivity index (χ4n) is 0.527. The molecule has 1 unspecified atom stereocenters. The Kier molecular flexibility index (Phi) is 2.43. The highest BCUT2D eigenvalue weighted by atomic mass is 32.2. The number of ether oxygens (including phenoxy) is 1. The summed E-state index contributed by atoms with van der Waals surface area (Å²) in [5.41, 5.74) is -0.889. The molecular weight excluding hydrogens is 167 g/mol. The van der Waals surface area contributed by atoms with Crippen molar-refractivity contribution in [2.45, 2.75) is 11.8 Å². The normalized spacial score (nSPS) is 27.3. The van der Waals surface area contributed by atoms with Crippen LogP contribution in [0.2, 0.25) is 0 Å². The zero-order valence-corrected chi connectivity index (χ0v) is 5.63. The maximum atomic E-state index is 11.4. The number of hydrogen-bond donors (Lipinski definition) is 1. The van der Waals surface area contributed by atoms with E-state index >= 15 is 0 Å². The number of rotatable bonds is 1. The summed E-state index contributed by atoms with van der Waals surface area (Å²) in [5.74, 6) is 0. The molecule has 1 rings (SSSR count). The van der Waals surface area contributed by atoms with E-state index in [1.165, 1.54) is 6.42 Å². The van der Waals surface area contributed by atoms with Gasteiger partial charge in [-0.15, -0.1) is 13.2 Å². The van der Waals surface area contributed by atoms with E-state index < -0.39 is 11.8 Å². The van der Waals surface area contributed by atoms with Gasteiger partial charge in [0.1, 0.15) is 5.44 Å². The van der Waals surface area contributed by atoms with Gasteiger partial charge in [-0.05, 0) is 11.9 Å². The van der Waals surface area contributed by atoms with Gasteiger partial charge in [-0.1, -0.05) is 0 Å².